The standard InChI is InChI=1S/C29H30F2N4O4/c1-28(2,3)39-27(37)34-12-10-29(11-13-34)9-8-18(15-29)35-17-33-24-7-4-19(14-20(24)26(35)36)38-25-21(16-32)22(30)5-6-23(25)31/h4-7,14,17-18H,8-13,15H2,1-3H3/t18-/m1/s1. The van der Waals surface area contributed by atoms with Gasteiger partial charge in [0.05, 0.1) is 17.2 Å². The normalized spacial score (nSPS) is 18.8. The minimum absolute atomic E-state index is 0.0436. The zero-order valence-corrected chi connectivity index (χ0v) is 22.2. The summed E-state index contributed by atoms with van der Waals surface area (Å²) in [5.41, 5.74) is -0.845. The molecule has 1 spiro atoms. The Balaban J connectivity index is 1.34. The number of benzene rings is 2. The van der Waals surface area contributed by atoms with Crippen molar-refractivity contribution in [2.75, 3.05) is 13.1 Å². The Morgan fingerprint density at radius 3 is 2.54 bits per heavy atom. The Morgan fingerprint density at radius 2 is 1.85 bits per heavy atom. The fraction of sp³-hybridized carbons (Fsp3) is 0.448. The lowest BCUT2D eigenvalue weighted by Gasteiger charge is -2.40. The van der Waals surface area contributed by atoms with Gasteiger partial charge in [-0.15, -0.1) is 0 Å². The molecule has 8 nitrogen and oxygen atoms in total. The molecule has 1 saturated carbocycles. The van der Waals surface area contributed by atoms with Crippen molar-refractivity contribution in [3.05, 3.63) is 64.2 Å². The van der Waals surface area contributed by atoms with Crippen LogP contribution < -0.4 is 10.3 Å². The molecule has 0 bridgehead atoms. The smallest absolute Gasteiger partial charge is 0.410 e. The highest BCUT2D eigenvalue weighted by Gasteiger charge is 2.43. The van der Waals surface area contributed by atoms with Crippen LogP contribution in [0.1, 0.15) is 64.5 Å². The maximum absolute atomic E-state index is 14.3. The second kappa shape index (κ2) is 9.95. The minimum Gasteiger partial charge on any atom is -0.453 e. The summed E-state index contributed by atoms with van der Waals surface area (Å²) < 4.78 is 41.0. The second-order valence-corrected chi connectivity index (χ2v) is 11.4. The Bertz CT molecular complexity index is 1530. The van der Waals surface area contributed by atoms with Gasteiger partial charge in [-0.05, 0) is 88.6 Å². The Labute approximate surface area is 224 Å². The van der Waals surface area contributed by atoms with Crippen molar-refractivity contribution in [1.82, 2.24) is 14.5 Å². The molecule has 0 radical (unpaired) electrons. The van der Waals surface area contributed by atoms with Gasteiger partial charge in [0.2, 0.25) is 0 Å². The zero-order chi connectivity index (χ0) is 27.9. The van der Waals surface area contributed by atoms with E-state index in [1.54, 1.807) is 27.9 Å². The van der Waals surface area contributed by atoms with E-state index >= 15 is 0 Å². The first-order valence-electron chi connectivity index (χ1n) is 13.0. The largest absolute Gasteiger partial charge is 0.453 e. The summed E-state index contributed by atoms with van der Waals surface area (Å²) in [5, 5.41) is 9.52. The highest BCUT2D eigenvalue weighted by molar-refractivity contribution is 5.79. The number of hydrogen-bond acceptors (Lipinski definition) is 6. The molecule has 2 aliphatic rings. The van der Waals surface area contributed by atoms with E-state index in [-0.39, 0.29) is 34.2 Å². The molecular weight excluding hydrogens is 506 g/mol. The lowest BCUT2D eigenvalue weighted by Crippen LogP contribution is -2.44. The zero-order valence-electron chi connectivity index (χ0n) is 22.2. The van der Waals surface area contributed by atoms with Gasteiger partial charge in [0, 0.05) is 19.1 Å². The van der Waals surface area contributed by atoms with Gasteiger partial charge in [0.1, 0.15) is 28.8 Å². The molecule has 0 N–H and O–H groups in total. The van der Waals surface area contributed by atoms with Crippen LogP contribution in [0, 0.1) is 28.4 Å². The number of ether oxygens (including phenoxy) is 2. The van der Waals surface area contributed by atoms with Gasteiger partial charge in [-0.2, -0.15) is 5.26 Å². The topological polar surface area (TPSA) is 97.4 Å². The first kappa shape index (κ1) is 26.6. The maximum Gasteiger partial charge on any atom is 0.410 e. The molecule has 1 aliphatic carbocycles. The fourth-order valence-electron chi connectivity index (χ4n) is 5.65. The summed E-state index contributed by atoms with van der Waals surface area (Å²) >= 11 is 0. The molecule has 204 valence electrons. The summed E-state index contributed by atoms with van der Waals surface area (Å²) in [6, 6.07) is 7.83. The van der Waals surface area contributed by atoms with E-state index in [0.29, 0.717) is 18.6 Å². The number of hydrogen-bond donors (Lipinski definition) is 0. The van der Waals surface area contributed by atoms with E-state index in [0.717, 1.165) is 44.2 Å². The molecule has 2 fully saturated rings. The average molecular weight is 537 g/mol. The quantitative estimate of drug-likeness (QED) is 0.402. The van der Waals surface area contributed by atoms with Crippen molar-refractivity contribution in [2.45, 2.75) is 64.5 Å². The van der Waals surface area contributed by atoms with Crippen LogP contribution in [0.15, 0.2) is 41.5 Å². The third-order valence-corrected chi connectivity index (χ3v) is 7.69. The van der Waals surface area contributed by atoms with Crippen molar-refractivity contribution in [3.63, 3.8) is 0 Å². The van der Waals surface area contributed by atoms with E-state index < -0.39 is 28.5 Å². The van der Waals surface area contributed by atoms with Crippen LogP contribution in [0.3, 0.4) is 0 Å². The molecule has 2 aromatic carbocycles. The van der Waals surface area contributed by atoms with E-state index in [9.17, 15) is 23.6 Å². The molecular formula is C29H30F2N4O4. The second-order valence-electron chi connectivity index (χ2n) is 11.4. The molecule has 5 rings (SSSR count). The highest BCUT2D eigenvalue weighted by atomic mass is 19.1. The lowest BCUT2D eigenvalue weighted by atomic mass is 9.77. The van der Waals surface area contributed by atoms with Gasteiger partial charge in [-0.3, -0.25) is 9.36 Å². The predicted molar refractivity (Wildman–Crippen MR) is 140 cm³/mol. The van der Waals surface area contributed by atoms with Crippen LogP contribution in [0.25, 0.3) is 10.9 Å². The number of fused-ring (bicyclic) bond motifs is 1. The maximum atomic E-state index is 14.3. The van der Waals surface area contributed by atoms with Crippen molar-refractivity contribution in [1.29, 1.82) is 5.26 Å². The third-order valence-electron chi connectivity index (χ3n) is 7.69. The van der Waals surface area contributed by atoms with E-state index in [4.69, 9.17) is 9.47 Å². The van der Waals surface area contributed by atoms with Crippen LogP contribution in [-0.2, 0) is 4.74 Å². The summed E-state index contributed by atoms with van der Waals surface area (Å²) in [5.74, 6) is -2.22. The molecule has 1 atom stereocenters. The van der Waals surface area contributed by atoms with Crippen molar-refractivity contribution >= 4 is 17.0 Å². The Kier molecular flexibility index (Phi) is 6.79. The molecule has 1 saturated heterocycles. The number of amides is 1. The number of nitrogens with zero attached hydrogens (tertiary/aromatic N) is 4. The lowest BCUT2D eigenvalue weighted by molar-refractivity contribution is 0.0103. The van der Waals surface area contributed by atoms with Crippen LogP contribution in [0.2, 0.25) is 0 Å². The summed E-state index contributed by atoms with van der Waals surface area (Å²) in [4.78, 5) is 32.2. The van der Waals surface area contributed by atoms with E-state index in [2.05, 4.69) is 4.98 Å². The molecule has 10 heteroatoms. The van der Waals surface area contributed by atoms with Crippen LogP contribution in [-0.4, -0.2) is 39.2 Å². The van der Waals surface area contributed by atoms with Gasteiger partial charge >= 0.3 is 6.09 Å². The van der Waals surface area contributed by atoms with E-state index in [1.165, 1.54) is 12.1 Å². The van der Waals surface area contributed by atoms with Crippen molar-refractivity contribution in [3.8, 4) is 17.6 Å². The Hall–Kier alpha value is -4.00. The van der Waals surface area contributed by atoms with Crippen LogP contribution in [0.5, 0.6) is 11.5 Å². The number of carbonyl (C=O) groups excluding carboxylic acids is 1. The number of rotatable bonds is 3. The number of carbonyl (C=O) groups is 1. The molecule has 1 aromatic heterocycles. The SMILES string of the molecule is CC(C)(C)OC(=O)N1CCC2(CC[C@@H](n3cnc4ccc(Oc5c(F)ccc(F)c5C#N)cc4c3=O)C2)CC1. The number of nitriles is 1. The first-order valence-corrected chi connectivity index (χ1v) is 13.0. The summed E-state index contributed by atoms with van der Waals surface area (Å²) in [7, 11) is 0. The molecule has 1 amide bonds. The van der Waals surface area contributed by atoms with Gasteiger partial charge in [-0.1, -0.05) is 0 Å². The Morgan fingerprint density at radius 1 is 1.13 bits per heavy atom. The molecule has 1 aliphatic heterocycles. The summed E-state index contributed by atoms with van der Waals surface area (Å²) in [6.45, 7) is 6.80. The third kappa shape index (κ3) is 5.31. The van der Waals surface area contributed by atoms with Crippen molar-refractivity contribution < 1.29 is 23.0 Å². The average Bonchev–Trinajstić information content (AvgIpc) is 3.29. The van der Waals surface area contributed by atoms with Crippen LogP contribution >= 0.6 is 0 Å². The predicted octanol–water partition coefficient (Wildman–Crippen LogP) is 6.08. The molecule has 2 heterocycles. The van der Waals surface area contributed by atoms with Crippen LogP contribution in [0.4, 0.5) is 13.6 Å². The number of piperidine rings is 1. The molecule has 3 aromatic rings. The summed E-state index contributed by atoms with van der Waals surface area (Å²) in [6.07, 6.45) is 5.52. The van der Waals surface area contributed by atoms with E-state index in [1.807, 2.05) is 20.8 Å². The highest BCUT2D eigenvalue weighted by Crippen LogP contribution is 2.50. The first-order chi connectivity index (χ1) is 18.5. The number of likely N-dealkylation sites (tertiary alicyclic amines) is 1. The number of aromatic nitrogens is 2. The monoisotopic (exact) mass is 536 g/mol. The molecule has 39 heavy (non-hydrogen) atoms. The minimum atomic E-state index is -0.897. The van der Waals surface area contributed by atoms with Crippen molar-refractivity contribution in [2.24, 2.45) is 5.41 Å². The fourth-order valence-corrected chi connectivity index (χ4v) is 5.65. The molecule has 0 unspecified atom stereocenters. The van der Waals surface area contributed by atoms with Gasteiger partial charge in [0.15, 0.2) is 11.6 Å². The van der Waals surface area contributed by atoms with Gasteiger partial charge in [0.25, 0.3) is 5.56 Å². The van der Waals surface area contributed by atoms with Gasteiger partial charge < -0.3 is 14.4 Å². The van der Waals surface area contributed by atoms with Gasteiger partial charge in [-0.25, -0.2) is 18.6 Å². The number of halogens is 2.